The maximum absolute atomic E-state index is 11.9. The minimum atomic E-state index is -1.24. The summed E-state index contributed by atoms with van der Waals surface area (Å²) in [6.45, 7) is 0. The standard InChI is InChI=1S/C13H20N2O2/c1-15(2)12(16)13(14,17-3)10-9-11-7-5-4-6-8-11/h4-8H,9-10,14H2,1-3H3. The van der Waals surface area contributed by atoms with E-state index in [1.165, 1.54) is 12.0 Å². The second-order valence-electron chi connectivity index (χ2n) is 4.28. The van der Waals surface area contributed by atoms with Crippen LogP contribution in [-0.2, 0) is 16.0 Å². The van der Waals surface area contributed by atoms with Crippen molar-refractivity contribution >= 4 is 5.91 Å². The zero-order chi connectivity index (χ0) is 12.9. The summed E-state index contributed by atoms with van der Waals surface area (Å²) in [4.78, 5) is 13.3. The number of hydrogen-bond donors (Lipinski definition) is 1. The predicted molar refractivity (Wildman–Crippen MR) is 67.4 cm³/mol. The van der Waals surface area contributed by atoms with Gasteiger partial charge in [-0.2, -0.15) is 0 Å². The van der Waals surface area contributed by atoms with E-state index in [2.05, 4.69) is 0 Å². The summed E-state index contributed by atoms with van der Waals surface area (Å²) in [6.07, 6.45) is 1.18. The summed E-state index contributed by atoms with van der Waals surface area (Å²) in [7, 11) is 4.81. The lowest BCUT2D eigenvalue weighted by atomic mass is 10.0. The number of carbonyl (C=O) groups excluding carboxylic acids is 1. The third-order valence-corrected chi connectivity index (χ3v) is 2.76. The first-order chi connectivity index (χ1) is 7.99. The van der Waals surface area contributed by atoms with E-state index in [-0.39, 0.29) is 5.91 Å². The van der Waals surface area contributed by atoms with Crippen LogP contribution in [0.2, 0.25) is 0 Å². The average molecular weight is 236 g/mol. The minimum absolute atomic E-state index is 0.212. The molecule has 0 aliphatic rings. The highest BCUT2D eigenvalue weighted by Gasteiger charge is 2.34. The number of nitrogens with zero attached hydrogens (tertiary/aromatic N) is 1. The predicted octanol–water partition coefficient (Wildman–Crippen LogP) is 1.01. The number of carbonyl (C=O) groups is 1. The summed E-state index contributed by atoms with van der Waals surface area (Å²) in [5.41, 5.74) is 5.88. The summed E-state index contributed by atoms with van der Waals surface area (Å²) >= 11 is 0. The first kappa shape index (κ1) is 13.7. The van der Waals surface area contributed by atoms with E-state index >= 15 is 0 Å². The number of ether oxygens (including phenoxy) is 1. The Morgan fingerprint density at radius 2 is 1.94 bits per heavy atom. The lowest BCUT2D eigenvalue weighted by Gasteiger charge is -2.29. The SMILES string of the molecule is COC(N)(CCc1ccccc1)C(=O)N(C)C. The Labute approximate surface area is 102 Å². The fourth-order valence-corrected chi connectivity index (χ4v) is 1.65. The molecule has 0 saturated carbocycles. The van der Waals surface area contributed by atoms with Crippen molar-refractivity contribution < 1.29 is 9.53 Å². The molecule has 94 valence electrons. The van der Waals surface area contributed by atoms with Gasteiger partial charge in [-0.25, -0.2) is 0 Å². The van der Waals surface area contributed by atoms with Crippen LogP contribution in [0.25, 0.3) is 0 Å². The van der Waals surface area contributed by atoms with Crippen molar-refractivity contribution in [3.8, 4) is 0 Å². The molecule has 0 saturated heterocycles. The molecule has 0 bridgehead atoms. The largest absolute Gasteiger partial charge is 0.355 e. The van der Waals surface area contributed by atoms with E-state index in [4.69, 9.17) is 10.5 Å². The lowest BCUT2D eigenvalue weighted by Crippen LogP contribution is -2.55. The van der Waals surface area contributed by atoms with Crippen molar-refractivity contribution in [1.29, 1.82) is 0 Å². The Hall–Kier alpha value is -1.39. The van der Waals surface area contributed by atoms with E-state index < -0.39 is 5.72 Å². The summed E-state index contributed by atoms with van der Waals surface area (Å²) < 4.78 is 5.17. The number of likely N-dealkylation sites (N-methyl/N-ethyl adjacent to an activating group) is 1. The normalized spacial score (nSPS) is 14.1. The van der Waals surface area contributed by atoms with E-state index in [1.807, 2.05) is 30.3 Å². The number of hydrogen-bond acceptors (Lipinski definition) is 3. The van der Waals surface area contributed by atoms with Gasteiger partial charge in [0, 0.05) is 27.6 Å². The van der Waals surface area contributed by atoms with Gasteiger partial charge in [-0.3, -0.25) is 10.5 Å². The molecule has 4 nitrogen and oxygen atoms in total. The van der Waals surface area contributed by atoms with Crippen molar-refractivity contribution in [3.05, 3.63) is 35.9 Å². The molecule has 1 atom stereocenters. The van der Waals surface area contributed by atoms with Crippen molar-refractivity contribution in [2.45, 2.75) is 18.6 Å². The van der Waals surface area contributed by atoms with E-state index in [9.17, 15) is 4.79 Å². The zero-order valence-corrected chi connectivity index (χ0v) is 10.6. The Kier molecular flexibility index (Phi) is 4.66. The number of amides is 1. The maximum Gasteiger partial charge on any atom is 0.269 e. The van der Waals surface area contributed by atoms with Gasteiger partial charge in [0.05, 0.1) is 0 Å². The maximum atomic E-state index is 11.9. The Morgan fingerprint density at radius 1 is 1.35 bits per heavy atom. The van der Waals surface area contributed by atoms with Gasteiger partial charge in [-0.05, 0) is 12.0 Å². The molecule has 17 heavy (non-hydrogen) atoms. The Bertz CT molecular complexity index is 365. The van der Waals surface area contributed by atoms with E-state index in [1.54, 1.807) is 14.1 Å². The molecule has 0 aliphatic carbocycles. The molecule has 0 spiro atoms. The second-order valence-corrected chi connectivity index (χ2v) is 4.28. The number of methoxy groups -OCH3 is 1. The van der Waals surface area contributed by atoms with Crippen LogP contribution in [0.15, 0.2) is 30.3 Å². The van der Waals surface area contributed by atoms with Gasteiger partial charge in [0.2, 0.25) is 0 Å². The highest BCUT2D eigenvalue weighted by Crippen LogP contribution is 2.15. The molecule has 4 heteroatoms. The Balaban J connectivity index is 2.67. The number of aryl methyl sites for hydroxylation is 1. The lowest BCUT2D eigenvalue weighted by molar-refractivity contribution is -0.152. The van der Waals surface area contributed by atoms with Crippen molar-refractivity contribution in [3.63, 3.8) is 0 Å². The van der Waals surface area contributed by atoms with Gasteiger partial charge in [-0.15, -0.1) is 0 Å². The molecule has 0 radical (unpaired) electrons. The van der Waals surface area contributed by atoms with Gasteiger partial charge < -0.3 is 9.64 Å². The number of rotatable bonds is 5. The average Bonchev–Trinajstić information content (AvgIpc) is 2.36. The first-order valence-corrected chi connectivity index (χ1v) is 5.59. The molecule has 1 amide bonds. The van der Waals surface area contributed by atoms with E-state index in [0.717, 1.165) is 5.56 Å². The van der Waals surface area contributed by atoms with Crippen LogP contribution < -0.4 is 5.73 Å². The third kappa shape index (κ3) is 3.54. The van der Waals surface area contributed by atoms with Crippen LogP contribution in [0.5, 0.6) is 0 Å². The third-order valence-electron chi connectivity index (χ3n) is 2.76. The smallest absolute Gasteiger partial charge is 0.269 e. The summed E-state index contributed by atoms with van der Waals surface area (Å²) in [5.74, 6) is -0.212. The highest BCUT2D eigenvalue weighted by atomic mass is 16.5. The van der Waals surface area contributed by atoms with Crippen LogP contribution in [0.3, 0.4) is 0 Å². The quantitative estimate of drug-likeness (QED) is 0.776. The van der Waals surface area contributed by atoms with Crippen LogP contribution in [0, 0.1) is 0 Å². The van der Waals surface area contributed by atoms with Crippen LogP contribution >= 0.6 is 0 Å². The van der Waals surface area contributed by atoms with Crippen LogP contribution in [0.4, 0.5) is 0 Å². The molecule has 1 aromatic carbocycles. The van der Waals surface area contributed by atoms with Gasteiger partial charge in [0.25, 0.3) is 5.91 Å². The highest BCUT2D eigenvalue weighted by molar-refractivity contribution is 5.84. The molecule has 1 aromatic rings. The van der Waals surface area contributed by atoms with Crippen molar-refractivity contribution in [2.24, 2.45) is 5.73 Å². The van der Waals surface area contributed by atoms with Gasteiger partial charge >= 0.3 is 0 Å². The van der Waals surface area contributed by atoms with E-state index in [0.29, 0.717) is 12.8 Å². The van der Waals surface area contributed by atoms with Gasteiger partial charge in [-0.1, -0.05) is 30.3 Å². The van der Waals surface area contributed by atoms with Crippen LogP contribution in [0.1, 0.15) is 12.0 Å². The summed E-state index contributed by atoms with van der Waals surface area (Å²) in [5, 5.41) is 0. The number of benzene rings is 1. The summed E-state index contributed by atoms with van der Waals surface area (Å²) in [6, 6.07) is 9.91. The Morgan fingerprint density at radius 3 is 2.41 bits per heavy atom. The molecule has 1 rings (SSSR count). The fraction of sp³-hybridized carbons (Fsp3) is 0.462. The number of nitrogens with two attached hydrogens (primary N) is 1. The second kappa shape index (κ2) is 5.80. The molecule has 0 heterocycles. The molecular formula is C13H20N2O2. The molecule has 0 aliphatic heterocycles. The van der Waals surface area contributed by atoms with Gasteiger partial charge in [0.15, 0.2) is 5.72 Å². The zero-order valence-electron chi connectivity index (χ0n) is 10.6. The monoisotopic (exact) mass is 236 g/mol. The van der Waals surface area contributed by atoms with Crippen LogP contribution in [-0.4, -0.2) is 37.7 Å². The molecular weight excluding hydrogens is 216 g/mol. The molecule has 1 unspecified atom stereocenters. The first-order valence-electron chi connectivity index (χ1n) is 5.59. The minimum Gasteiger partial charge on any atom is -0.355 e. The molecule has 2 N–H and O–H groups in total. The van der Waals surface area contributed by atoms with Gasteiger partial charge in [0.1, 0.15) is 0 Å². The van der Waals surface area contributed by atoms with Crippen molar-refractivity contribution in [2.75, 3.05) is 21.2 Å². The fourth-order valence-electron chi connectivity index (χ4n) is 1.65. The van der Waals surface area contributed by atoms with Crippen molar-refractivity contribution in [1.82, 2.24) is 4.90 Å². The topological polar surface area (TPSA) is 55.6 Å². The molecule has 0 aromatic heterocycles. The molecule has 0 fully saturated rings.